The fourth-order valence-electron chi connectivity index (χ4n) is 2.72. The van der Waals surface area contributed by atoms with Gasteiger partial charge in [-0.15, -0.1) is 0 Å². The van der Waals surface area contributed by atoms with E-state index in [-0.39, 0.29) is 5.82 Å². The molecular formula is C21H15F3N6. The van der Waals surface area contributed by atoms with Gasteiger partial charge in [0.15, 0.2) is 0 Å². The van der Waals surface area contributed by atoms with Crippen LogP contribution in [0.15, 0.2) is 84.5 Å². The van der Waals surface area contributed by atoms with E-state index in [1.807, 2.05) is 48.7 Å². The summed E-state index contributed by atoms with van der Waals surface area (Å²) in [5, 5.41) is 8.75. The Hall–Kier alpha value is -4.01. The number of pyridine rings is 2. The van der Waals surface area contributed by atoms with Gasteiger partial charge >= 0.3 is 6.18 Å². The van der Waals surface area contributed by atoms with Gasteiger partial charge in [-0.3, -0.25) is 10.4 Å². The summed E-state index contributed by atoms with van der Waals surface area (Å²) in [6.45, 7) is 0. The lowest BCUT2D eigenvalue weighted by Crippen LogP contribution is -2.05. The molecule has 0 aliphatic rings. The third-order valence-corrected chi connectivity index (χ3v) is 4.19. The molecule has 0 amide bonds. The molecular weight excluding hydrogens is 393 g/mol. The summed E-state index contributed by atoms with van der Waals surface area (Å²) < 4.78 is 39.6. The zero-order valence-electron chi connectivity index (χ0n) is 15.5. The highest BCUT2D eigenvalue weighted by Gasteiger charge is 2.30. The van der Waals surface area contributed by atoms with Crippen LogP contribution >= 0.6 is 0 Å². The smallest absolute Gasteiger partial charge is 0.265 e. The molecule has 6 nitrogen and oxygen atoms in total. The van der Waals surface area contributed by atoms with Crippen molar-refractivity contribution >= 4 is 12.0 Å². The maximum Gasteiger partial charge on any atom is 0.417 e. The van der Waals surface area contributed by atoms with Gasteiger partial charge in [-0.25, -0.2) is 9.67 Å². The number of rotatable bonds is 5. The van der Waals surface area contributed by atoms with Gasteiger partial charge < -0.3 is 0 Å². The number of nitrogens with one attached hydrogen (secondary N) is 1. The molecule has 1 N–H and O–H groups in total. The van der Waals surface area contributed by atoms with Gasteiger partial charge in [0.2, 0.25) is 0 Å². The third-order valence-electron chi connectivity index (χ3n) is 4.19. The fraction of sp³-hybridized carbons (Fsp3) is 0.0476. The van der Waals surface area contributed by atoms with E-state index >= 15 is 0 Å². The van der Waals surface area contributed by atoms with Gasteiger partial charge in [0.25, 0.3) is 0 Å². The average Bonchev–Trinajstić information content (AvgIpc) is 3.19. The summed E-state index contributed by atoms with van der Waals surface area (Å²) in [6.07, 6.45) is 3.02. The van der Waals surface area contributed by atoms with E-state index in [9.17, 15) is 13.2 Å². The Morgan fingerprint density at radius 1 is 0.967 bits per heavy atom. The summed E-state index contributed by atoms with van der Waals surface area (Å²) in [5.74, 6) is 0.195. The van der Waals surface area contributed by atoms with Gasteiger partial charge in [-0.2, -0.15) is 23.4 Å². The zero-order valence-corrected chi connectivity index (χ0v) is 15.5. The van der Waals surface area contributed by atoms with E-state index in [1.54, 1.807) is 23.3 Å². The van der Waals surface area contributed by atoms with E-state index < -0.39 is 11.7 Å². The fourth-order valence-corrected chi connectivity index (χ4v) is 2.72. The van der Waals surface area contributed by atoms with Gasteiger partial charge in [0.1, 0.15) is 11.5 Å². The van der Waals surface area contributed by atoms with Crippen molar-refractivity contribution in [3.05, 3.63) is 90.5 Å². The van der Waals surface area contributed by atoms with Crippen LogP contribution in [0.2, 0.25) is 0 Å². The van der Waals surface area contributed by atoms with Crippen molar-refractivity contribution in [2.24, 2.45) is 5.10 Å². The Bertz CT molecular complexity index is 1140. The number of anilines is 1. The van der Waals surface area contributed by atoms with Crippen LogP contribution in [0, 0.1) is 0 Å². The molecule has 4 aromatic rings. The van der Waals surface area contributed by atoms with Gasteiger partial charge in [-0.05, 0) is 36.4 Å². The quantitative estimate of drug-likeness (QED) is 0.381. The minimum atomic E-state index is -4.43. The Kier molecular flexibility index (Phi) is 5.25. The molecule has 0 radical (unpaired) electrons. The highest BCUT2D eigenvalue weighted by Crippen LogP contribution is 2.29. The monoisotopic (exact) mass is 408 g/mol. The van der Waals surface area contributed by atoms with Crippen LogP contribution in [0.3, 0.4) is 0 Å². The van der Waals surface area contributed by atoms with Crippen LogP contribution in [0.4, 0.5) is 19.0 Å². The highest BCUT2D eigenvalue weighted by atomic mass is 19.4. The van der Waals surface area contributed by atoms with Crippen LogP contribution < -0.4 is 5.43 Å². The predicted molar refractivity (Wildman–Crippen MR) is 107 cm³/mol. The molecule has 9 heteroatoms. The number of hydrazone groups is 1. The minimum Gasteiger partial charge on any atom is -0.265 e. The molecule has 0 bridgehead atoms. The van der Waals surface area contributed by atoms with Gasteiger partial charge in [0.05, 0.1) is 17.5 Å². The van der Waals surface area contributed by atoms with Crippen LogP contribution in [0.1, 0.15) is 11.1 Å². The first kappa shape index (κ1) is 19.3. The summed E-state index contributed by atoms with van der Waals surface area (Å²) in [6, 6.07) is 15.4. The number of benzene rings is 1. The van der Waals surface area contributed by atoms with Crippen LogP contribution in [-0.4, -0.2) is 26.0 Å². The molecule has 1 aromatic carbocycles. The second-order valence-corrected chi connectivity index (χ2v) is 6.25. The molecule has 3 heterocycles. The first-order chi connectivity index (χ1) is 14.5. The van der Waals surface area contributed by atoms with Crippen molar-refractivity contribution in [2.45, 2.75) is 6.18 Å². The molecule has 0 aliphatic carbocycles. The number of hydrogen-bond acceptors (Lipinski definition) is 5. The van der Waals surface area contributed by atoms with Crippen LogP contribution in [0.5, 0.6) is 0 Å². The van der Waals surface area contributed by atoms with Gasteiger partial charge in [0, 0.05) is 35.9 Å². The molecule has 4 rings (SSSR count). The van der Waals surface area contributed by atoms with E-state index in [0.717, 1.165) is 23.5 Å². The molecule has 150 valence electrons. The number of para-hydroxylation sites is 1. The van der Waals surface area contributed by atoms with Crippen molar-refractivity contribution < 1.29 is 13.2 Å². The Morgan fingerprint density at radius 2 is 1.73 bits per heavy atom. The second kappa shape index (κ2) is 8.16. The average molecular weight is 408 g/mol. The molecule has 0 aliphatic heterocycles. The maximum absolute atomic E-state index is 12.6. The third kappa shape index (κ3) is 4.35. The number of hydrogen-bond donors (Lipinski definition) is 1. The molecule has 0 fully saturated rings. The summed E-state index contributed by atoms with van der Waals surface area (Å²) in [4.78, 5) is 7.76. The lowest BCUT2D eigenvalue weighted by atomic mass is 10.1. The number of nitrogens with zero attached hydrogens (tertiary/aromatic N) is 5. The summed E-state index contributed by atoms with van der Waals surface area (Å²) in [5.41, 5.74) is 4.96. The summed E-state index contributed by atoms with van der Waals surface area (Å²) in [7, 11) is 0. The molecule has 0 saturated heterocycles. The van der Waals surface area contributed by atoms with Crippen LogP contribution in [0.25, 0.3) is 16.9 Å². The minimum absolute atomic E-state index is 0.195. The second-order valence-electron chi connectivity index (χ2n) is 6.25. The van der Waals surface area contributed by atoms with E-state index in [1.165, 1.54) is 6.07 Å². The van der Waals surface area contributed by atoms with Crippen LogP contribution in [-0.2, 0) is 6.18 Å². The van der Waals surface area contributed by atoms with E-state index in [2.05, 4.69) is 25.6 Å². The lowest BCUT2D eigenvalue weighted by Gasteiger charge is -2.06. The predicted octanol–water partition coefficient (Wildman–Crippen LogP) is 4.79. The first-order valence-corrected chi connectivity index (χ1v) is 8.88. The standard InChI is InChI=1S/C21H15F3N6/c22-21(23,24)17-6-7-19(26-13-17)28-27-12-16-14-30(18-4-2-1-3-5-18)29-20(16)15-8-10-25-11-9-15/h1-14H,(H,26,28)/b27-12-. The SMILES string of the molecule is FC(F)(F)c1ccc(N/N=C\c2cn(-c3ccccc3)nc2-c2ccncc2)nc1. The molecule has 0 spiro atoms. The lowest BCUT2D eigenvalue weighted by molar-refractivity contribution is -0.137. The molecule has 0 atom stereocenters. The van der Waals surface area contributed by atoms with Crippen molar-refractivity contribution in [1.82, 2.24) is 19.7 Å². The van der Waals surface area contributed by atoms with Crippen molar-refractivity contribution in [2.75, 3.05) is 5.43 Å². The Labute approximate surface area is 169 Å². The Balaban J connectivity index is 1.60. The summed E-state index contributed by atoms with van der Waals surface area (Å²) >= 11 is 0. The van der Waals surface area contributed by atoms with E-state index in [0.29, 0.717) is 11.3 Å². The molecule has 0 unspecified atom stereocenters. The zero-order chi connectivity index (χ0) is 21.0. The first-order valence-electron chi connectivity index (χ1n) is 8.88. The highest BCUT2D eigenvalue weighted by molar-refractivity contribution is 5.89. The topological polar surface area (TPSA) is 68.0 Å². The Morgan fingerprint density at radius 3 is 2.40 bits per heavy atom. The number of alkyl halides is 3. The number of halogens is 3. The maximum atomic E-state index is 12.6. The largest absolute Gasteiger partial charge is 0.417 e. The van der Waals surface area contributed by atoms with Crippen molar-refractivity contribution in [3.8, 4) is 16.9 Å². The van der Waals surface area contributed by atoms with Gasteiger partial charge in [-0.1, -0.05) is 18.2 Å². The molecule has 30 heavy (non-hydrogen) atoms. The normalized spacial score (nSPS) is 11.7. The van der Waals surface area contributed by atoms with E-state index in [4.69, 9.17) is 0 Å². The van der Waals surface area contributed by atoms with Crippen molar-refractivity contribution in [3.63, 3.8) is 0 Å². The molecule has 3 aromatic heterocycles. The number of aromatic nitrogens is 4. The molecule has 0 saturated carbocycles. The van der Waals surface area contributed by atoms with Crippen molar-refractivity contribution in [1.29, 1.82) is 0 Å².